The zero-order valence-corrected chi connectivity index (χ0v) is 17.8. The van der Waals surface area contributed by atoms with Crippen molar-refractivity contribution < 1.29 is 9.59 Å². The number of benzene rings is 1. The molecule has 3 heterocycles. The summed E-state index contributed by atoms with van der Waals surface area (Å²) in [4.78, 5) is 34.0. The number of aromatic nitrogens is 1. The quantitative estimate of drug-likeness (QED) is 0.833. The van der Waals surface area contributed by atoms with Crippen LogP contribution in [-0.2, 0) is 13.0 Å². The van der Waals surface area contributed by atoms with Crippen molar-refractivity contribution in [2.75, 3.05) is 13.1 Å². The predicted octanol–water partition coefficient (Wildman–Crippen LogP) is 4.11. The van der Waals surface area contributed by atoms with E-state index in [1.54, 1.807) is 0 Å². The van der Waals surface area contributed by atoms with Crippen molar-refractivity contribution in [1.82, 2.24) is 14.8 Å². The first-order valence-corrected chi connectivity index (χ1v) is 11.5. The number of ketones is 1. The first kappa shape index (κ1) is 19.6. The Balaban J connectivity index is 1.37. The van der Waals surface area contributed by atoms with E-state index in [-0.39, 0.29) is 17.7 Å². The van der Waals surface area contributed by atoms with Gasteiger partial charge in [-0.1, -0.05) is 30.3 Å². The molecule has 0 saturated carbocycles. The maximum absolute atomic E-state index is 13.6. The monoisotopic (exact) mass is 405 g/mol. The highest BCUT2D eigenvalue weighted by Gasteiger charge is 2.41. The third-order valence-corrected chi connectivity index (χ3v) is 7.30. The standard InChI is InChI=1S/C25H31N3O2/c1-17-23-19(10-5-13-22(23)29)26-24(17)25(30)28-15-7-12-21(28)20-11-6-14-27(20)16-18-8-3-2-4-9-18/h2-4,8-9,20-21,26H,5-7,10-16H2,1H3/t20-,21+/m1/s1. The van der Waals surface area contributed by atoms with Crippen molar-refractivity contribution >= 4 is 11.7 Å². The second-order valence-electron chi connectivity index (χ2n) is 9.13. The number of hydrogen-bond acceptors (Lipinski definition) is 3. The average Bonchev–Trinajstić information content (AvgIpc) is 3.47. The van der Waals surface area contributed by atoms with Gasteiger partial charge in [0.2, 0.25) is 0 Å². The van der Waals surface area contributed by atoms with Crippen LogP contribution in [0.15, 0.2) is 30.3 Å². The zero-order chi connectivity index (χ0) is 20.7. The predicted molar refractivity (Wildman–Crippen MR) is 117 cm³/mol. The number of H-pyrrole nitrogens is 1. The topological polar surface area (TPSA) is 56.4 Å². The molecule has 2 atom stereocenters. The highest BCUT2D eigenvalue weighted by Crippen LogP contribution is 2.33. The number of carbonyl (C=O) groups excluding carboxylic acids is 2. The van der Waals surface area contributed by atoms with Crippen LogP contribution < -0.4 is 0 Å². The molecule has 158 valence electrons. The Morgan fingerprint density at radius 2 is 1.80 bits per heavy atom. The Morgan fingerprint density at radius 3 is 2.60 bits per heavy atom. The molecule has 1 N–H and O–H groups in total. The van der Waals surface area contributed by atoms with E-state index in [2.05, 4.69) is 45.1 Å². The van der Waals surface area contributed by atoms with Crippen LogP contribution in [0.5, 0.6) is 0 Å². The first-order valence-electron chi connectivity index (χ1n) is 11.5. The molecule has 0 bridgehead atoms. The van der Waals surface area contributed by atoms with Crippen LogP contribution in [0.3, 0.4) is 0 Å². The van der Waals surface area contributed by atoms with Crippen molar-refractivity contribution in [2.45, 2.75) is 70.5 Å². The maximum atomic E-state index is 13.6. The first-order chi connectivity index (χ1) is 14.6. The molecule has 0 spiro atoms. The van der Waals surface area contributed by atoms with Gasteiger partial charge in [0.25, 0.3) is 5.91 Å². The molecule has 1 aliphatic carbocycles. The molecule has 2 aliphatic heterocycles. The summed E-state index contributed by atoms with van der Waals surface area (Å²) in [6.07, 6.45) is 6.82. The van der Waals surface area contributed by atoms with E-state index in [0.29, 0.717) is 18.2 Å². The molecule has 5 rings (SSSR count). The molecule has 2 fully saturated rings. The summed E-state index contributed by atoms with van der Waals surface area (Å²) in [5.74, 6) is 0.274. The minimum Gasteiger partial charge on any atom is -0.354 e. The molecule has 1 aromatic carbocycles. The number of amides is 1. The minimum absolute atomic E-state index is 0.0868. The highest BCUT2D eigenvalue weighted by molar-refractivity contribution is 6.04. The number of fused-ring (bicyclic) bond motifs is 1. The number of likely N-dealkylation sites (tertiary alicyclic amines) is 2. The van der Waals surface area contributed by atoms with E-state index in [0.717, 1.165) is 68.6 Å². The molecule has 3 aliphatic rings. The van der Waals surface area contributed by atoms with Gasteiger partial charge in [-0.15, -0.1) is 0 Å². The van der Waals surface area contributed by atoms with Gasteiger partial charge >= 0.3 is 0 Å². The summed E-state index contributed by atoms with van der Waals surface area (Å²) in [5, 5.41) is 0. The van der Waals surface area contributed by atoms with Gasteiger partial charge in [0, 0.05) is 42.9 Å². The second-order valence-corrected chi connectivity index (χ2v) is 9.13. The van der Waals surface area contributed by atoms with Gasteiger partial charge in [0.05, 0.1) is 0 Å². The third-order valence-electron chi connectivity index (χ3n) is 7.30. The Bertz CT molecular complexity index is 949. The van der Waals surface area contributed by atoms with Gasteiger partial charge in [0.15, 0.2) is 5.78 Å². The number of carbonyl (C=O) groups is 2. The molecular formula is C25H31N3O2. The molecule has 2 saturated heterocycles. The fourth-order valence-corrected chi connectivity index (χ4v) is 5.88. The Morgan fingerprint density at radius 1 is 1.03 bits per heavy atom. The highest BCUT2D eigenvalue weighted by atomic mass is 16.2. The van der Waals surface area contributed by atoms with Crippen LogP contribution in [0.2, 0.25) is 0 Å². The van der Waals surface area contributed by atoms with Crippen molar-refractivity contribution in [3.63, 3.8) is 0 Å². The third kappa shape index (κ3) is 3.39. The smallest absolute Gasteiger partial charge is 0.270 e. The summed E-state index contributed by atoms with van der Waals surface area (Å²) < 4.78 is 0. The van der Waals surface area contributed by atoms with Crippen LogP contribution in [-0.4, -0.2) is 51.6 Å². The molecule has 1 amide bonds. The van der Waals surface area contributed by atoms with Gasteiger partial charge < -0.3 is 9.88 Å². The summed E-state index contributed by atoms with van der Waals surface area (Å²) in [6.45, 7) is 4.81. The van der Waals surface area contributed by atoms with Gasteiger partial charge in [-0.3, -0.25) is 14.5 Å². The summed E-state index contributed by atoms with van der Waals surface area (Å²) in [6, 6.07) is 11.3. The van der Waals surface area contributed by atoms with Crippen LogP contribution in [0.25, 0.3) is 0 Å². The molecule has 0 radical (unpaired) electrons. The molecule has 5 heteroatoms. The normalized spacial score (nSPS) is 24.4. The van der Waals surface area contributed by atoms with E-state index in [4.69, 9.17) is 0 Å². The molecule has 0 unspecified atom stereocenters. The minimum atomic E-state index is 0.0868. The fourth-order valence-electron chi connectivity index (χ4n) is 5.88. The Labute approximate surface area is 178 Å². The summed E-state index contributed by atoms with van der Waals surface area (Å²) in [7, 11) is 0. The van der Waals surface area contributed by atoms with Crippen LogP contribution >= 0.6 is 0 Å². The van der Waals surface area contributed by atoms with Gasteiger partial charge in [0.1, 0.15) is 5.69 Å². The number of nitrogens with one attached hydrogen (secondary N) is 1. The number of aryl methyl sites for hydroxylation is 1. The number of Topliss-reactive ketones (excluding diaryl/α,β-unsaturated/α-hetero) is 1. The van der Waals surface area contributed by atoms with E-state index in [1.165, 1.54) is 12.0 Å². The SMILES string of the molecule is Cc1c(C(=O)N2CCC[C@H]2[C@H]2CCCN2Cc2ccccc2)[nH]c2c1C(=O)CCC2. The lowest BCUT2D eigenvalue weighted by atomic mass is 9.93. The number of aromatic amines is 1. The van der Waals surface area contributed by atoms with Crippen LogP contribution in [0.4, 0.5) is 0 Å². The lowest BCUT2D eigenvalue weighted by molar-refractivity contribution is 0.0633. The molecule has 5 nitrogen and oxygen atoms in total. The fraction of sp³-hybridized carbons (Fsp3) is 0.520. The van der Waals surface area contributed by atoms with E-state index in [9.17, 15) is 9.59 Å². The summed E-state index contributed by atoms with van der Waals surface area (Å²) in [5.41, 5.74) is 4.60. The molecule has 30 heavy (non-hydrogen) atoms. The second kappa shape index (κ2) is 8.03. The molecular weight excluding hydrogens is 374 g/mol. The van der Waals surface area contributed by atoms with Gasteiger partial charge in [-0.05, 0) is 63.1 Å². The molecule has 2 aromatic rings. The number of rotatable bonds is 4. The van der Waals surface area contributed by atoms with Crippen molar-refractivity contribution in [1.29, 1.82) is 0 Å². The van der Waals surface area contributed by atoms with Crippen molar-refractivity contribution in [3.8, 4) is 0 Å². The molecule has 1 aromatic heterocycles. The number of hydrogen-bond donors (Lipinski definition) is 1. The van der Waals surface area contributed by atoms with E-state index in [1.807, 2.05) is 6.92 Å². The lowest BCUT2D eigenvalue weighted by Crippen LogP contribution is -2.48. The Kier molecular flexibility index (Phi) is 5.23. The van der Waals surface area contributed by atoms with Crippen molar-refractivity contribution in [2.24, 2.45) is 0 Å². The van der Waals surface area contributed by atoms with Gasteiger partial charge in [-0.2, -0.15) is 0 Å². The van der Waals surface area contributed by atoms with E-state index >= 15 is 0 Å². The lowest BCUT2D eigenvalue weighted by Gasteiger charge is -2.35. The summed E-state index contributed by atoms with van der Waals surface area (Å²) >= 11 is 0. The van der Waals surface area contributed by atoms with E-state index < -0.39 is 0 Å². The number of nitrogens with zero attached hydrogens (tertiary/aromatic N) is 2. The van der Waals surface area contributed by atoms with Gasteiger partial charge in [-0.25, -0.2) is 0 Å². The zero-order valence-electron chi connectivity index (χ0n) is 17.8. The van der Waals surface area contributed by atoms with Crippen LogP contribution in [0, 0.1) is 6.92 Å². The Hall–Kier alpha value is -2.40. The maximum Gasteiger partial charge on any atom is 0.270 e. The largest absolute Gasteiger partial charge is 0.354 e. The van der Waals surface area contributed by atoms with Crippen LogP contribution in [0.1, 0.15) is 76.2 Å². The van der Waals surface area contributed by atoms with Crippen molar-refractivity contribution in [3.05, 3.63) is 58.4 Å². The average molecular weight is 406 g/mol.